The minimum atomic E-state index is -0.811. The highest BCUT2D eigenvalue weighted by molar-refractivity contribution is 6.32. The lowest BCUT2D eigenvalue weighted by Crippen LogP contribution is -2.53. The van der Waals surface area contributed by atoms with Gasteiger partial charge in [-0.15, -0.1) is 5.06 Å². The largest absolute Gasteiger partial charge is 0.528 e. The molecule has 1 aliphatic heterocycles. The van der Waals surface area contributed by atoms with Crippen molar-refractivity contribution in [3.63, 3.8) is 0 Å². The Morgan fingerprint density at radius 2 is 1.30 bits per heavy atom. The molecule has 1 heterocycles. The monoisotopic (exact) mass is 781 g/mol. The van der Waals surface area contributed by atoms with Gasteiger partial charge in [0.15, 0.2) is 0 Å². The van der Waals surface area contributed by atoms with E-state index in [-0.39, 0.29) is 32.2 Å². The van der Waals surface area contributed by atoms with Gasteiger partial charge in [-0.2, -0.15) is 0 Å². The van der Waals surface area contributed by atoms with E-state index in [0.29, 0.717) is 41.4 Å². The average molecular weight is 783 g/mol. The van der Waals surface area contributed by atoms with Gasteiger partial charge in [-0.25, -0.2) is 4.79 Å². The standard InChI is InChI=1S/C42H49Cl2NO9/c1-42(2,3)53-41(46)54-45-24-38(51-27-30-12-18-36(47-4)34(43)22-30)40(39(25-45)52-28-31-13-19-37(48-5)35(44)23-31)32-14-16-33(17-15-32)50-21-9-20-49-26-29-10-7-6-8-11-29/h6-8,10-19,22-23,38-40H,9,20-21,24-28H2,1-5H3/t38-,39+,40?. The maximum atomic E-state index is 12.9. The van der Waals surface area contributed by atoms with Crippen molar-refractivity contribution in [3.8, 4) is 17.2 Å². The fourth-order valence-electron chi connectivity index (χ4n) is 6.04. The first-order valence-electron chi connectivity index (χ1n) is 17.9. The molecule has 10 nitrogen and oxygen atoms in total. The topological polar surface area (TPSA) is 94.2 Å². The van der Waals surface area contributed by atoms with E-state index in [2.05, 4.69) is 0 Å². The van der Waals surface area contributed by atoms with Crippen molar-refractivity contribution in [2.24, 2.45) is 0 Å². The van der Waals surface area contributed by atoms with Crippen LogP contribution in [0.15, 0.2) is 91.0 Å². The summed E-state index contributed by atoms with van der Waals surface area (Å²) >= 11 is 12.9. The predicted octanol–water partition coefficient (Wildman–Crippen LogP) is 9.43. The van der Waals surface area contributed by atoms with Crippen LogP contribution in [0.1, 0.15) is 55.4 Å². The normalized spacial score (nSPS) is 17.5. The number of rotatable bonds is 17. The summed E-state index contributed by atoms with van der Waals surface area (Å²) in [5, 5.41) is 2.50. The van der Waals surface area contributed by atoms with Crippen molar-refractivity contribution >= 4 is 29.4 Å². The Hall–Kier alpha value is -4.03. The molecule has 0 bridgehead atoms. The van der Waals surface area contributed by atoms with Gasteiger partial charge in [0.2, 0.25) is 0 Å². The summed E-state index contributed by atoms with van der Waals surface area (Å²) in [4.78, 5) is 18.6. The first-order valence-corrected chi connectivity index (χ1v) is 18.6. The Balaban J connectivity index is 1.34. The van der Waals surface area contributed by atoms with Crippen molar-refractivity contribution in [1.82, 2.24) is 5.06 Å². The molecule has 5 rings (SSSR count). The minimum Gasteiger partial charge on any atom is -0.495 e. The van der Waals surface area contributed by atoms with Crippen LogP contribution in [0.2, 0.25) is 10.0 Å². The zero-order valence-corrected chi connectivity index (χ0v) is 32.9. The summed E-state index contributed by atoms with van der Waals surface area (Å²) < 4.78 is 41.3. The molecule has 0 aromatic heterocycles. The Kier molecular flexibility index (Phi) is 15.3. The second kappa shape index (κ2) is 20.0. The Morgan fingerprint density at radius 3 is 1.81 bits per heavy atom. The molecule has 0 radical (unpaired) electrons. The third kappa shape index (κ3) is 12.5. The van der Waals surface area contributed by atoms with Gasteiger partial charge in [0.1, 0.15) is 22.8 Å². The maximum Gasteiger partial charge on any atom is 0.528 e. The van der Waals surface area contributed by atoms with E-state index in [1.165, 1.54) is 0 Å². The molecule has 12 heteroatoms. The number of methoxy groups -OCH3 is 2. The van der Waals surface area contributed by atoms with Crippen LogP contribution in [-0.2, 0) is 43.6 Å². The van der Waals surface area contributed by atoms with Crippen LogP contribution < -0.4 is 14.2 Å². The van der Waals surface area contributed by atoms with Gasteiger partial charge in [-0.3, -0.25) is 0 Å². The Morgan fingerprint density at radius 1 is 0.722 bits per heavy atom. The van der Waals surface area contributed by atoms with E-state index in [1.807, 2.05) is 78.9 Å². The van der Waals surface area contributed by atoms with Gasteiger partial charge in [0, 0.05) is 12.3 Å². The Bertz CT molecular complexity index is 1700. The lowest BCUT2D eigenvalue weighted by molar-refractivity contribution is -0.209. The van der Waals surface area contributed by atoms with Gasteiger partial charge < -0.3 is 38.0 Å². The van der Waals surface area contributed by atoms with E-state index >= 15 is 0 Å². The first-order chi connectivity index (χ1) is 26.0. The molecule has 54 heavy (non-hydrogen) atoms. The molecular formula is C42H49Cl2NO9. The van der Waals surface area contributed by atoms with Crippen LogP contribution in [0.4, 0.5) is 4.79 Å². The number of carbonyl (C=O) groups excluding carboxylic acids is 1. The molecule has 0 aliphatic carbocycles. The molecule has 3 atom stereocenters. The summed E-state index contributed by atoms with van der Waals surface area (Å²) in [6.07, 6.45) is -1.03. The number of halogens is 2. The predicted molar refractivity (Wildman–Crippen MR) is 207 cm³/mol. The Labute approximate surface area is 328 Å². The van der Waals surface area contributed by atoms with E-state index in [4.69, 9.17) is 61.2 Å². The van der Waals surface area contributed by atoms with E-state index < -0.39 is 24.0 Å². The van der Waals surface area contributed by atoms with Crippen molar-refractivity contribution in [2.75, 3.05) is 40.5 Å². The number of nitrogens with zero attached hydrogens (tertiary/aromatic N) is 1. The molecule has 1 saturated heterocycles. The number of piperidine rings is 1. The molecule has 0 N–H and O–H groups in total. The van der Waals surface area contributed by atoms with Gasteiger partial charge >= 0.3 is 6.16 Å². The fraction of sp³-hybridized carbons (Fsp3) is 0.405. The van der Waals surface area contributed by atoms with Crippen LogP contribution in [0.3, 0.4) is 0 Å². The van der Waals surface area contributed by atoms with Gasteiger partial charge in [-0.1, -0.05) is 77.8 Å². The highest BCUT2D eigenvalue weighted by atomic mass is 35.5. The number of ether oxygens (including phenoxy) is 7. The fourth-order valence-corrected chi connectivity index (χ4v) is 6.60. The quantitative estimate of drug-likeness (QED) is 0.0762. The van der Waals surface area contributed by atoms with Crippen molar-refractivity contribution in [3.05, 3.63) is 123 Å². The van der Waals surface area contributed by atoms with Crippen LogP contribution in [0, 0.1) is 0 Å². The lowest BCUT2D eigenvalue weighted by Gasteiger charge is -2.42. The number of hydrogen-bond donors (Lipinski definition) is 0. The molecule has 1 fully saturated rings. The average Bonchev–Trinajstić information content (AvgIpc) is 3.14. The summed E-state index contributed by atoms with van der Waals surface area (Å²) in [7, 11) is 3.14. The number of carbonyl (C=O) groups is 1. The highest BCUT2D eigenvalue weighted by Crippen LogP contribution is 2.36. The molecule has 1 aliphatic rings. The minimum absolute atomic E-state index is 0.236. The van der Waals surface area contributed by atoms with Crippen LogP contribution in [0.5, 0.6) is 17.2 Å². The molecule has 4 aromatic carbocycles. The van der Waals surface area contributed by atoms with Crippen molar-refractivity contribution in [2.45, 2.75) is 70.7 Å². The van der Waals surface area contributed by atoms with E-state index in [9.17, 15) is 4.79 Å². The van der Waals surface area contributed by atoms with Gasteiger partial charge in [-0.05, 0) is 79.4 Å². The SMILES string of the molecule is COc1ccc(CO[C@H]2CN(OC(=O)OC(C)(C)C)C[C@@H](OCc3ccc(OC)c(Cl)c3)C2c2ccc(OCCCOCc3ccccc3)cc2)cc1Cl. The third-order valence-electron chi connectivity index (χ3n) is 8.60. The lowest BCUT2D eigenvalue weighted by atomic mass is 9.85. The number of hydroxylamine groups is 2. The summed E-state index contributed by atoms with van der Waals surface area (Å²) in [5.74, 6) is 1.61. The van der Waals surface area contributed by atoms with E-state index in [1.54, 1.807) is 52.2 Å². The maximum absolute atomic E-state index is 12.9. The molecular weight excluding hydrogens is 733 g/mol. The zero-order valence-electron chi connectivity index (χ0n) is 31.4. The molecule has 0 saturated carbocycles. The molecule has 0 spiro atoms. The van der Waals surface area contributed by atoms with Gasteiger partial charge in [0.25, 0.3) is 0 Å². The molecule has 4 aromatic rings. The third-order valence-corrected chi connectivity index (χ3v) is 9.19. The molecule has 290 valence electrons. The summed E-state index contributed by atoms with van der Waals surface area (Å²) in [6.45, 7) is 8.00. The molecule has 0 amide bonds. The second-order valence-electron chi connectivity index (χ2n) is 13.9. The number of hydrogen-bond acceptors (Lipinski definition) is 10. The second-order valence-corrected chi connectivity index (χ2v) is 14.7. The van der Waals surface area contributed by atoms with Crippen molar-refractivity contribution < 1.29 is 42.8 Å². The van der Waals surface area contributed by atoms with E-state index in [0.717, 1.165) is 34.4 Å². The van der Waals surface area contributed by atoms with Crippen molar-refractivity contribution in [1.29, 1.82) is 0 Å². The highest BCUT2D eigenvalue weighted by Gasteiger charge is 2.41. The smallest absolute Gasteiger partial charge is 0.495 e. The zero-order chi connectivity index (χ0) is 38.5. The van der Waals surface area contributed by atoms with Crippen LogP contribution in [-0.4, -0.2) is 69.6 Å². The van der Waals surface area contributed by atoms with Crippen LogP contribution in [0.25, 0.3) is 0 Å². The van der Waals surface area contributed by atoms with Gasteiger partial charge in [0.05, 0.1) is 82.6 Å². The van der Waals surface area contributed by atoms with Crippen LogP contribution >= 0.6 is 23.2 Å². The first kappa shape index (κ1) is 41.1. The molecule has 1 unspecified atom stereocenters. The number of benzene rings is 4. The summed E-state index contributed by atoms with van der Waals surface area (Å²) in [6, 6.07) is 29.1. The summed E-state index contributed by atoms with van der Waals surface area (Å²) in [5.41, 5.74) is 3.09.